The minimum Gasteiger partial charge on any atom is -0.479 e. The number of methoxy groups -OCH3 is 1. The fourth-order valence-corrected chi connectivity index (χ4v) is 0.309. The van der Waals surface area contributed by atoms with Crippen LogP contribution in [0.4, 0.5) is 0 Å². The highest BCUT2D eigenvalue weighted by Crippen LogP contribution is 1.73. The quantitative estimate of drug-likeness (QED) is 0.491. The van der Waals surface area contributed by atoms with Crippen molar-refractivity contribution in [2.24, 2.45) is 0 Å². The molecule has 6 heteroatoms. The zero-order valence-electron chi connectivity index (χ0n) is 8.47. The van der Waals surface area contributed by atoms with E-state index in [-0.39, 0.29) is 6.61 Å². The van der Waals surface area contributed by atoms with E-state index in [4.69, 9.17) is 20.1 Å². The first-order chi connectivity index (χ1) is 6.56. The van der Waals surface area contributed by atoms with Gasteiger partial charge in [-0.1, -0.05) is 0 Å². The molecule has 3 N–H and O–H groups in total. The van der Waals surface area contributed by atoms with Crippen molar-refractivity contribution in [2.75, 3.05) is 33.5 Å². The van der Waals surface area contributed by atoms with Gasteiger partial charge < -0.3 is 24.8 Å². The van der Waals surface area contributed by atoms with E-state index in [1.54, 1.807) is 7.11 Å². The van der Waals surface area contributed by atoms with Crippen molar-refractivity contribution in [1.29, 1.82) is 0 Å². The van der Waals surface area contributed by atoms with Crippen LogP contribution in [0.3, 0.4) is 0 Å². The molecule has 6 nitrogen and oxygen atoms in total. The molecule has 0 saturated carbocycles. The molecule has 0 aliphatic rings. The van der Waals surface area contributed by atoms with Crippen LogP contribution in [0.1, 0.15) is 6.92 Å². The molecule has 0 heterocycles. The third-order valence-corrected chi connectivity index (χ3v) is 1.02. The monoisotopic (exact) mass is 210 g/mol. The summed E-state index contributed by atoms with van der Waals surface area (Å²) in [5, 5.41) is 24.0. The van der Waals surface area contributed by atoms with Gasteiger partial charge in [0.2, 0.25) is 0 Å². The van der Waals surface area contributed by atoms with Crippen molar-refractivity contribution < 1.29 is 29.6 Å². The third kappa shape index (κ3) is 17.4. The van der Waals surface area contributed by atoms with Crippen molar-refractivity contribution in [3.05, 3.63) is 0 Å². The zero-order valence-corrected chi connectivity index (χ0v) is 8.47. The lowest BCUT2D eigenvalue weighted by atomic mass is 10.4. The van der Waals surface area contributed by atoms with Crippen LogP contribution in [-0.2, 0) is 14.3 Å². The van der Waals surface area contributed by atoms with E-state index in [9.17, 15) is 4.79 Å². The molecular weight excluding hydrogens is 192 g/mol. The minimum absolute atomic E-state index is 0.0870. The smallest absolute Gasteiger partial charge is 0.332 e. The molecule has 0 aromatic heterocycles. The Balaban J connectivity index is 0. The predicted molar refractivity (Wildman–Crippen MR) is 49.1 cm³/mol. The SMILES string of the molecule is COCCOCCO.C[C@@H](O)C(=O)O. The molecule has 14 heavy (non-hydrogen) atoms. The predicted octanol–water partition coefficient (Wildman–Crippen LogP) is -0.907. The molecule has 0 radical (unpaired) electrons. The average Bonchev–Trinajstić information content (AvgIpc) is 2.13. The van der Waals surface area contributed by atoms with Gasteiger partial charge >= 0.3 is 5.97 Å². The summed E-state index contributed by atoms with van der Waals surface area (Å²) in [5.41, 5.74) is 0. The summed E-state index contributed by atoms with van der Waals surface area (Å²) in [7, 11) is 1.61. The van der Waals surface area contributed by atoms with Crippen LogP contribution in [0.2, 0.25) is 0 Å². The van der Waals surface area contributed by atoms with Gasteiger partial charge in [-0.25, -0.2) is 4.79 Å². The van der Waals surface area contributed by atoms with Crippen LogP contribution < -0.4 is 0 Å². The number of aliphatic hydroxyl groups excluding tert-OH is 2. The van der Waals surface area contributed by atoms with Crippen LogP contribution in [0.15, 0.2) is 0 Å². The topological polar surface area (TPSA) is 96.2 Å². The Labute approximate surface area is 83.1 Å². The number of carboxylic acid groups (broad SMARTS) is 1. The molecule has 0 aliphatic heterocycles. The van der Waals surface area contributed by atoms with Crippen LogP contribution >= 0.6 is 0 Å². The first kappa shape index (κ1) is 15.8. The van der Waals surface area contributed by atoms with E-state index in [0.717, 1.165) is 0 Å². The van der Waals surface area contributed by atoms with Gasteiger partial charge in [-0.15, -0.1) is 0 Å². The maximum absolute atomic E-state index is 9.45. The fraction of sp³-hybridized carbons (Fsp3) is 0.875. The maximum atomic E-state index is 9.45. The van der Waals surface area contributed by atoms with E-state index in [2.05, 4.69) is 4.74 Å². The second-order valence-corrected chi connectivity index (χ2v) is 2.34. The van der Waals surface area contributed by atoms with Crippen LogP contribution in [0, 0.1) is 0 Å². The molecule has 86 valence electrons. The third-order valence-electron chi connectivity index (χ3n) is 1.02. The van der Waals surface area contributed by atoms with Gasteiger partial charge in [0.05, 0.1) is 26.4 Å². The second kappa shape index (κ2) is 12.3. The van der Waals surface area contributed by atoms with Crippen molar-refractivity contribution >= 4 is 5.97 Å². The van der Waals surface area contributed by atoms with Gasteiger partial charge in [0.15, 0.2) is 0 Å². The largest absolute Gasteiger partial charge is 0.479 e. The number of hydrogen-bond acceptors (Lipinski definition) is 5. The highest BCUT2D eigenvalue weighted by atomic mass is 16.5. The standard InChI is InChI=1S/C5H12O3.C3H6O3/c1-7-4-5-8-3-2-6;1-2(4)3(5)6/h6H,2-5H2,1H3;2,4H,1H3,(H,5,6)/t;2-/m.1/s1. The molecule has 0 unspecified atom stereocenters. The van der Waals surface area contributed by atoms with E-state index >= 15 is 0 Å². The van der Waals surface area contributed by atoms with Gasteiger partial charge in [0, 0.05) is 7.11 Å². The molecule has 0 aromatic rings. The van der Waals surface area contributed by atoms with E-state index in [1.165, 1.54) is 6.92 Å². The summed E-state index contributed by atoms with van der Waals surface area (Å²) in [6.45, 7) is 2.85. The molecule has 0 aromatic carbocycles. The Hall–Kier alpha value is -0.690. The summed E-state index contributed by atoms with van der Waals surface area (Å²) in [5.74, 6) is -1.19. The zero-order chi connectivity index (χ0) is 11.4. The van der Waals surface area contributed by atoms with Crippen molar-refractivity contribution in [3.8, 4) is 0 Å². The minimum atomic E-state index is -1.23. The number of carboxylic acids is 1. The van der Waals surface area contributed by atoms with Gasteiger partial charge in [0.25, 0.3) is 0 Å². The maximum Gasteiger partial charge on any atom is 0.332 e. The number of aliphatic hydroxyl groups is 2. The number of hydrogen-bond donors (Lipinski definition) is 3. The molecule has 0 saturated heterocycles. The Morgan fingerprint density at radius 1 is 1.36 bits per heavy atom. The first-order valence-corrected chi connectivity index (χ1v) is 4.14. The highest BCUT2D eigenvalue weighted by molar-refractivity contribution is 5.71. The lowest BCUT2D eigenvalue weighted by Crippen LogP contribution is -2.13. The molecule has 0 amide bonds. The summed E-state index contributed by atoms with van der Waals surface area (Å²) in [6, 6.07) is 0. The summed E-state index contributed by atoms with van der Waals surface area (Å²) in [4.78, 5) is 9.45. The number of carbonyl (C=O) groups is 1. The van der Waals surface area contributed by atoms with E-state index < -0.39 is 12.1 Å². The summed E-state index contributed by atoms with van der Waals surface area (Å²) in [6.07, 6.45) is -1.23. The molecule has 0 fully saturated rings. The number of rotatable bonds is 6. The fourth-order valence-electron chi connectivity index (χ4n) is 0.309. The Morgan fingerprint density at radius 2 is 1.86 bits per heavy atom. The van der Waals surface area contributed by atoms with Crippen LogP contribution in [0.25, 0.3) is 0 Å². The van der Waals surface area contributed by atoms with Crippen LogP contribution in [-0.4, -0.2) is 60.9 Å². The van der Waals surface area contributed by atoms with Gasteiger partial charge in [-0.2, -0.15) is 0 Å². The summed E-state index contributed by atoms with van der Waals surface area (Å²) < 4.78 is 9.53. The molecule has 0 spiro atoms. The lowest BCUT2D eigenvalue weighted by molar-refractivity contribution is -0.145. The molecular formula is C8H18O6. The second-order valence-electron chi connectivity index (χ2n) is 2.34. The van der Waals surface area contributed by atoms with E-state index in [0.29, 0.717) is 19.8 Å². The normalized spacial score (nSPS) is 11.4. The van der Waals surface area contributed by atoms with Crippen molar-refractivity contribution in [3.63, 3.8) is 0 Å². The Kier molecular flexibility index (Phi) is 13.9. The Morgan fingerprint density at radius 3 is 2.14 bits per heavy atom. The number of aliphatic carboxylic acids is 1. The van der Waals surface area contributed by atoms with Gasteiger partial charge in [0.1, 0.15) is 6.10 Å². The van der Waals surface area contributed by atoms with Crippen molar-refractivity contribution in [1.82, 2.24) is 0 Å². The summed E-state index contributed by atoms with van der Waals surface area (Å²) >= 11 is 0. The van der Waals surface area contributed by atoms with Crippen LogP contribution in [0.5, 0.6) is 0 Å². The van der Waals surface area contributed by atoms with Gasteiger partial charge in [-0.3, -0.25) is 0 Å². The molecule has 0 bridgehead atoms. The lowest BCUT2D eigenvalue weighted by Gasteiger charge is -1.98. The first-order valence-electron chi connectivity index (χ1n) is 4.14. The molecule has 0 rings (SSSR count). The van der Waals surface area contributed by atoms with E-state index in [1.807, 2.05) is 0 Å². The average molecular weight is 210 g/mol. The van der Waals surface area contributed by atoms with Crippen molar-refractivity contribution in [2.45, 2.75) is 13.0 Å². The van der Waals surface area contributed by atoms with Gasteiger partial charge in [-0.05, 0) is 6.92 Å². The number of ether oxygens (including phenoxy) is 2. The molecule has 1 atom stereocenters. The molecule has 0 aliphatic carbocycles. The Bertz CT molecular complexity index is 119. The highest BCUT2D eigenvalue weighted by Gasteiger charge is 2.01.